The van der Waals surface area contributed by atoms with Gasteiger partial charge in [-0.3, -0.25) is 0 Å². The van der Waals surface area contributed by atoms with Crippen molar-refractivity contribution >= 4 is 77.7 Å². The zero-order valence-corrected chi connectivity index (χ0v) is 53.5. The van der Waals surface area contributed by atoms with Crippen molar-refractivity contribution in [3.8, 4) is 27.9 Å². The van der Waals surface area contributed by atoms with Crippen molar-refractivity contribution in [2.24, 2.45) is 17.8 Å². The molecule has 3 aliphatic carbocycles. The molecule has 0 bridgehead atoms. The van der Waals surface area contributed by atoms with Gasteiger partial charge in [-0.15, -0.1) is 0 Å². The summed E-state index contributed by atoms with van der Waals surface area (Å²) in [7, 11) is 0. The van der Waals surface area contributed by atoms with Crippen LogP contribution in [-0.4, -0.2) is 9.13 Å². The SMILES string of the molecule is CC(C)(C)c1cc2c3c(c1)N(c1ccccc1-c1ccccc1)c1ccc4c(c1C3c1ccc(-n3c5ccccc5c5ccccc53)cc1N2c1ccccc1-c1ccccc1)c1ccc(C(C)(C)C)cc1n4C1C(C2CC=CCC2)=CCCC1C1CC=CCC1. The lowest BCUT2D eigenvalue weighted by atomic mass is 9.68. The number of benzene rings is 10. The fraction of sp³-hybridized carbons (Fsp3) is 0.241. The first-order valence-electron chi connectivity index (χ1n) is 33.8. The first-order valence-corrected chi connectivity index (χ1v) is 33.8. The molecule has 0 N–H and O–H groups in total. The average molecular weight is 1180 g/mol. The van der Waals surface area contributed by atoms with Gasteiger partial charge >= 0.3 is 0 Å². The van der Waals surface area contributed by atoms with Gasteiger partial charge in [-0.05, 0) is 186 Å². The van der Waals surface area contributed by atoms with Crippen LogP contribution in [0.25, 0.3) is 71.6 Å². The van der Waals surface area contributed by atoms with Crippen molar-refractivity contribution < 1.29 is 0 Å². The summed E-state index contributed by atoms with van der Waals surface area (Å²) in [6, 6.07) is 84.4. The van der Waals surface area contributed by atoms with Crippen LogP contribution in [0.5, 0.6) is 0 Å². The van der Waals surface area contributed by atoms with Crippen molar-refractivity contribution in [1.29, 1.82) is 0 Å². The summed E-state index contributed by atoms with van der Waals surface area (Å²) >= 11 is 0. The van der Waals surface area contributed by atoms with E-state index in [1.807, 2.05) is 0 Å². The van der Waals surface area contributed by atoms with Gasteiger partial charge in [0.2, 0.25) is 0 Å². The number of fused-ring (bicyclic) bond motifs is 11. The van der Waals surface area contributed by atoms with Gasteiger partial charge in [-0.1, -0.05) is 224 Å². The number of anilines is 6. The molecule has 0 radical (unpaired) electrons. The first-order chi connectivity index (χ1) is 44.5. The minimum absolute atomic E-state index is 0.0612. The number of allylic oxidation sites excluding steroid dienone is 6. The van der Waals surface area contributed by atoms with E-state index in [0.717, 1.165) is 37.1 Å². The lowest BCUT2D eigenvalue weighted by Gasteiger charge is -2.47. The Morgan fingerprint density at radius 1 is 0.396 bits per heavy atom. The van der Waals surface area contributed by atoms with Gasteiger partial charge in [0.25, 0.3) is 0 Å². The Bertz CT molecular complexity index is 4900. The van der Waals surface area contributed by atoms with Crippen LogP contribution in [0.15, 0.2) is 254 Å². The molecule has 12 aromatic rings. The van der Waals surface area contributed by atoms with Crippen LogP contribution in [0.4, 0.5) is 34.1 Å². The highest BCUT2D eigenvalue weighted by atomic mass is 15.2. The predicted octanol–water partition coefficient (Wildman–Crippen LogP) is 24.2. The number of nitrogens with zero attached hydrogens (tertiary/aromatic N) is 4. The summed E-state index contributed by atoms with van der Waals surface area (Å²) < 4.78 is 5.48. The van der Waals surface area contributed by atoms with E-state index in [-0.39, 0.29) is 22.8 Å². The second-order valence-electron chi connectivity index (χ2n) is 28.8. The Balaban J connectivity index is 1.04. The molecule has 4 heteroatoms. The Morgan fingerprint density at radius 3 is 1.60 bits per heavy atom. The highest BCUT2D eigenvalue weighted by molar-refractivity contribution is 6.16. The van der Waals surface area contributed by atoms with E-state index in [2.05, 4.69) is 309 Å². The van der Waals surface area contributed by atoms with Crippen molar-refractivity contribution in [2.45, 2.75) is 116 Å². The van der Waals surface area contributed by atoms with Crippen LogP contribution >= 0.6 is 0 Å². The molecule has 5 unspecified atom stereocenters. The molecule has 0 saturated heterocycles. The van der Waals surface area contributed by atoms with Gasteiger partial charge < -0.3 is 18.9 Å². The summed E-state index contributed by atoms with van der Waals surface area (Å²) in [5.74, 6) is 1.48. The third-order valence-electron chi connectivity index (χ3n) is 21.6. The topological polar surface area (TPSA) is 16.3 Å². The molecular formula is C87H80N4. The molecule has 10 aromatic carbocycles. The number of hydrogen-bond donors (Lipinski definition) is 0. The molecule has 5 atom stereocenters. The fourth-order valence-electron chi connectivity index (χ4n) is 17.2. The number of rotatable bonds is 8. The third-order valence-corrected chi connectivity index (χ3v) is 21.6. The zero-order valence-electron chi connectivity index (χ0n) is 53.5. The molecule has 0 spiro atoms. The van der Waals surface area contributed by atoms with Gasteiger partial charge in [0.15, 0.2) is 0 Å². The van der Waals surface area contributed by atoms with E-state index in [1.54, 1.807) is 5.57 Å². The molecule has 4 heterocycles. The molecule has 0 saturated carbocycles. The van der Waals surface area contributed by atoms with Crippen LogP contribution < -0.4 is 9.80 Å². The molecule has 4 nitrogen and oxygen atoms in total. The summed E-state index contributed by atoms with van der Waals surface area (Å²) in [4.78, 5) is 5.40. The smallest absolute Gasteiger partial charge is 0.0585 e. The average Bonchev–Trinajstić information content (AvgIpc) is 1.69. The van der Waals surface area contributed by atoms with Crippen molar-refractivity contribution in [1.82, 2.24) is 9.13 Å². The third kappa shape index (κ3) is 8.98. The van der Waals surface area contributed by atoms with Crippen LogP contribution in [0, 0.1) is 17.8 Å². The molecule has 91 heavy (non-hydrogen) atoms. The lowest BCUT2D eigenvalue weighted by Crippen LogP contribution is -2.33. The van der Waals surface area contributed by atoms with Crippen LogP contribution in [0.2, 0.25) is 0 Å². The normalized spacial score (nSPS) is 19.7. The maximum atomic E-state index is 2.96. The fourth-order valence-corrected chi connectivity index (χ4v) is 17.2. The maximum absolute atomic E-state index is 2.96. The molecular weight excluding hydrogens is 1100 g/mol. The van der Waals surface area contributed by atoms with Crippen LogP contribution in [0.1, 0.15) is 133 Å². The van der Waals surface area contributed by atoms with Gasteiger partial charge in [-0.2, -0.15) is 0 Å². The van der Waals surface area contributed by atoms with E-state index in [4.69, 9.17) is 0 Å². The quantitative estimate of drug-likeness (QED) is 0.141. The summed E-state index contributed by atoms with van der Waals surface area (Å²) in [6.45, 7) is 14.4. The van der Waals surface area contributed by atoms with E-state index < -0.39 is 0 Å². The van der Waals surface area contributed by atoms with Crippen molar-refractivity contribution in [3.63, 3.8) is 0 Å². The van der Waals surface area contributed by atoms with Gasteiger partial charge in [0, 0.05) is 55.4 Å². The lowest BCUT2D eigenvalue weighted by molar-refractivity contribution is 0.207. The highest BCUT2D eigenvalue weighted by Crippen LogP contribution is 2.65. The zero-order chi connectivity index (χ0) is 61.3. The summed E-state index contributed by atoms with van der Waals surface area (Å²) in [5.41, 5.74) is 26.4. The van der Waals surface area contributed by atoms with E-state index in [1.165, 1.54) is 148 Å². The monoisotopic (exact) mass is 1180 g/mol. The second kappa shape index (κ2) is 21.7. The molecule has 0 fully saturated rings. The molecule has 448 valence electrons. The number of aromatic nitrogens is 2. The summed E-state index contributed by atoms with van der Waals surface area (Å²) in [6.07, 6.45) is 22.0. The Hall–Kier alpha value is -9.38. The molecule has 17 rings (SSSR count). The van der Waals surface area contributed by atoms with Crippen LogP contribution in [-0.2, 0) is 10.8 Å². The van der Waals surface area contributed by atoms with Gasteiger partial charge in [-0.25, -0.2) is 0 Å². The van der Waals surface area contributed by atoms with Crippen molar-refractivity contribution in [2.75, 3.05) is 9.80 Å². The number of hydrogen-bond acceptors (Lipinski definition) is 2. The van der Waals surface area contributed by atoms with E-state index >= 15 is 0 Å². The Kier molecular flexibility index (Phi) is 13.2. The van der Waals surface area contributed by atoms with Crippen LogP contribution in [0.3, 0.4) is 0 Å². The largest absolute Gasteiger partial charge is 0.333 e. The first kappa shape index (κ1) is 55.7. The molecule has 2 aromatic heterocycles. The summed E-state index contributed by atoms with van der Waals surface area (Å²) in [5, 5.41) is 5.25. The van der Waals surface area contributed by atoms with Crippen molar-refractivity contribution in [3.05, 3.63) is 282 Å². The van der Waals surface area contributed by atoms with E-state index in [0.29, 0.717) is 17.8 Å². The molecule has 2 aliphatic heterocycles. The highest BCUT2D eigenvalue weighted by Gasteiger charge is 2.46. The second-order valence-corrected chi connectivity index (χ2v) is 28.8. The van der Waals surface area contributed by atoms with E-state index in [9.17, 15) is 0 Å². The standard InChI is InChI=1S/C87H80N4/c1-86(2,3)60-46-48-69-77(52-60)91(85-65(58-32-15-9-16-33-58)40-27-41-66(85)59-34-17-10-18-35-59)75-50-51-76-84(81(69)75)82-70-49-47-62(88-73-44-25-21-38-67(73)68-39-22-26-45-74(68)88)55-78(70)90(72-43-24-20-37-64(72)57-30-13-8-14-31-57)80-54-61(87(4,5)6)53-79(83(80)82)89(76)71-42-23-19-36-63(71)56-28-11-7-12-29-56/h7-15,17,19-26,28-31,36-40,42-55,58-59,66,82,85H,16,18,27,32-35,41H2,1-6H3. The van der Waals surface area contributed by atoms with Gasteiger partial charge in [0.1, 0.15) is 0 Å². The predicted molar refractivity (Wildman–Crippen MR) is 385 cm³/mol. The van der Waals surface area contributed by atoms with Gasteiger partial charge in [0.05, 0.1) is 56.7 Å². The maximum Gasteiger partial charge on any atom is 0.0585 e. The Labute approximate surface area is 537 Å². The Morgan fingerprint density at radius 2 is 0.989 bits per heavy atom. The molecule has 5 aliphatic rings. The minimum Gasteiger partial charge on any atom is -0.333 e. The number of para-hydroxylation sites is 4. The molecule has 0 amide bonds. The minimum atomic E-state index is -0.214.